The van der Waals surface area contributed by atoms with E-state index in [0.29, 0.717) is 0 Å². The fourth-order valence-electron chi connectivity index (χ4n) is 2.60. The van der Waals surface area contributed by atoms with Crippen LogP contribution in [0.5, 0.6) is 0 Å². The first kappa shape index (κ1) is 20.2. The Hall–Kier alpha value is -3.15. The first-order chi connectivity index (χ1) is 13.0. The van der Waals surface area contributed by atoms with Crippen molar-refractivity contribution in [1.82, 2.24) is 10.2 Å². The van der Waals surface area contributed by atoms with Gasteiger partial charge in [0.15, 0.2) is 0 Å². The molecule has 6 heteroatoms. The number of benzene rings is 2. The van der Waals surface area contributed by atoms with E-state index in [4.69, 9.17) is 0 Å². The summed E-state index contributed by atoms with van der Waals surface area (Å²) >= 11 is 0. The number of nitrogens with zero attached hydrogens (tertiary/aromatic N) is 1. The molecule has 0 radical (unpaired) electrons. The third kappa shape index (κ3) is 6.58. The highest BCUT2D eigenvalue weighted by Crippen LogP contribution is 2.15. The second-order valence-electron chi connectivity index (χ2n) is 6.25. The van der Waals surface area contributed by atoms with E-state index in [0.717, 1.165) is 23.2 Å². The first-order valence-corrected chi connectivity index (χ1v) is 8.92. The first-order valence-electron chi connectivity index (χ1n) is 8.92. The van der Waals surface area contributed by atoms with Gasteiger partial charge in [-0.25, -0.2) is 0 Å². The van der Waals surface area contributed by atoms with Crippen LogP contribution < -0.4 is 10.6 Å². The number of hydrogen-bond acceptors (Lipinski definition) is 3. The van der Waals surface area contributed by atoms with Crippen LogP contribution in [0.25, 0.3) is 0 Å². The molecular formula is C21H25N3O3. The number of hydrogen-bond donors (Lipinski definition) is 2. The largest absolute Gasteiger partial charge is 0.347 e. The van der Waals surface area contributed by atoms with Crippen LogP contribution >= 0.6 is 0 Å². The Labute approximate surface area is 159 Å². The molecule has 2 N–H and O–H groups in total. The summed E-state index contributed by atoms with van der Waals surface area (Å²) in [7, 11) is 1.54. The van der Waals surface area contributed by atoms with Gasteiger partial charge in [0.1, 0.15) is 0 Å². The molecule has 2 aromatic rings. The number of anilines is 1. The van der Waals surface area contributed by atoms with E-state index in [-0.39, 0.29) is 37.2 Å². The molecule has 0 bridgehead atoms. The fourth-order valence-corrected chi connectivity index (χ4v) is 2.60. The van der Waals surface area contributed by atoms with Gasteiger partial charge in [-0.15, -0.1) is 0 Å². The normalized spacial score (nSPS) is 10.1. The molecule has 0 saturated heterocycles. The maximum atomic E-state index is 12.2. The lowest BCUT2D eigenvalue weighted by Crippen LogP contribution is -2.41. The lowest BCUT2D eigenvalue weighted by molar-refractivity contribution is -0.134. The molecule has 0 aliphatic carbocycles. The van der Waals surface area contributed by atoms with Gasteiger partial charge < -0.3 is 15.5 Å². The number of rotatable bonds is 8. The van der Waals surface area contributed by atoms with Crippen LogP contribution in [-0.4, -0.2) is 42.8 Å². The number of carbonyl (C=O) groups is 3. The Morgan fingerprint density at radius 1 is 0.926 bits per heavy atom. The quantitative estimate of drug-likeness (QED) is 0.749. The van der Waals surface area contributed by atoms with E-state index in [2.05, 4.69) is 10.6 Å². The number of aryl methyl sites for hydroxylation is 1. The van der Waals surface area contributed by atoms with Crippen molar-refractivity contribution in [3.63, 3.8) is 0 Å². The maximum Gasteiger partial charge on any atom is 0.243 e. The minimum absolute atomic E-state index is 0.0779. The van der Waals surface area contributed by atoms with Crippen LogP contribution in [-0.2, 0) is 27.2 Å². The third-order valence-corrected chi connectivity index (χ3v) is 4.12. The van der Waals surface area contributed by atoms with Gasteiger partial charge >= 0.3 is 0 Å². The molecule has 6 nitrogen and oxygen atoms in total. The Morgan fingerprint density at radius 3 is 2.30 bits per heavy atom. The van der Waals surface area contributed by atoms with Crippen LogP contribution in [0.3, 0.4) is 0 Å². The molecule has 0 heterocycles. The SMILES string of the molecule is CCc1ccccc1NC(=O)CN(C)C(=O)CNC(=O)Cc1ccccc1. The smallest absolute Gasteiger partial charge is 0.243 e. The van der Waals surface area contributed by atoms with Gasteiger partial charge in [0.25, 0.3) is 0 Å². The Balaban J connectivity index is 1.77. The zero-order chi connectivity index (χ0) is 19.6. The lowest BCUT2D eigenvalue weighted by Gasteiger charge is -2.18. The highest BCUT2D eigenvalue weighted by atomic mass is 16.2. The highest BCUT2D eigenvalue weighted by molar-refractivity contribution is 5.95. The Bertz CT molecular complexity index is 790. The average Bonchev–Trinajstić information content (AvgIpc) is 2.67. The van der Waals surface area contributed by atoms with Crippen LogP contribution in [0.4, 0.5) is 5.69 Å². The van der Waals surface area contributed by atoms with E-state index in [1.54, 1.807) is 0 Å². The number of carbonyl (C=O) groups excluding carboxylic acids is 3. The number of amides is 3. The molecule has 0 aliphatic heterocycles. The second-order valence-corrected chi connectivity index (χ2v) is 6.25. The van der Waals surface area contributed by atoms with E-state index in [1.165, 1.54) is 11.9 Å². The van der Waals surface area contributed by atoms with Crippen LogP contribution in [0.2, 0.25) is 0 Å². The summed E-state index contributed by atoms with van der Waals surface area (Å²) in [5.74, 6) is -0.832. The molecular weight excluding hydrogens is 342 g/mol. The highest BCUT2D eigenvalue weighted by Gasteiger charge is 2.15. The summed E-state index contributed by atoms with van der Waals surface area (Å²) in [6, 6.07) is 16.9. The van der Waals surface area contributed by atoms with Gasteiger partial charge in [0.05, 0.1) is 19.5 Å². The summed E-state index contributed by atoms with van der Waals surface area (Å²) in [6.07, 6.45) is 1.02. The van der Waals surface area contributed by atoms with Crippen molar-refractivity contribution in [2.45, 2.75) is 19.8 Å². The molecule has 0 aliphatic rings. The van der Waals surface area contributed by atoms with Crippen molar-refractivity contribution < 1.29 is 14.4 Å². The molecule has 2 rings (SSSR count). The Kier molecular flexibility index (Phi) is 7.55. The molecule has 3 amide bonds. The molecule has 2 aromatic carbocycles. The van der Waals surface area contributed by atoms with Gasteiger partial charge in [0.2, 0.25) is 17.7 Å². The fraction of sp³-hybridized carbons (Fsp3) is 0.286. The maximum absolute atomic E-state index is 12.2. The van der Waals surface area contributed by atoms with Crippen LogP contribution in [0.15, 0.2) is 54.6 Å². The Morgan fingerprint density at radius 2 is 1.59 bits per heavy atom. The van der Waals surface area contributed by atoms with Crippen LogP contribution in [0.1, 0.15) is 18.1 Å². The molecule has 0 unspecified atom stereocenters. The lowest BCUT2D eigenvalue weighted by atomic mass is 10.1. The molecule has 0 aromatic heterocycles. The zero-order valence-corrected chi connectivity index (χ0v) is 15.7. The molecule has 142 valence electrons. The molecule has 0 saturated carbocycles. The average molecular weight is 367 g/mol. The van der Waals surface area contributed by atoms with Crippen molar-refractivity contribution in [1.29, 1.82) is 0 Å². The summed E-state index contributed by atoms with van der Waals surface area (Å²) in [5.41, 5.74) is 2.67. The molecule has 0 spiro atoms. The molecule has 0 fully saturated rings. The minimum atomic E-state index is -0.324. The summed E-state index contributed by atoms with van der Waals surface area (Å²) < 4.78 is 0. The predicted molar refractivity (Wildman–Crippen MR) is 105 cm³/mol. The van der Waals surface area contributed by atoms with Gasteiger partial charge in [-0.05, 0) is 23.6 Å². The van der Waals surface area contributed by atoms with E-state index >= 15 is 0 Å². The minimum Gasteiger partial charge on any atom is -0.347 e. The summed E-state index contributed by atoms with van der Waals surface area (Å²) in [6.45, 7) is 1.80. The van der Waals surface area contributed by atoms with Crippen molar-refractivity contribution in [2.75, 3.05) is 25.5 Å². The van der Waals surface area contributed by atoms with Crippen molar-refractivity contribution in [2.24, 2.45) is 0 Å². The summed E-state index contributed by atoms with van der Waals surface area (Å²) in [5, 5.41) is 5.42. The number of para-hydroxylation sites is 1. The standard InChI is InChI=1S/C21H25N3O3/c1-3-17-11-7-8-12-18(17)23-20(26)15-24(2)21(27)14-22-19(25)13-16-9-5-4-6-10-16/h4-12H,3,13-15H2,1-2H3,(H,22,25)(H,23,26). The van der Waals surface area contributed by atoms with Crippen molar-refractivity contribution in [3.8, 4) is 0 Å². The molecule has 0 atom stereocenters. The summed E-state index contributed by atoms with van der Waals surface area (Å²) in [4.78, 5) is 37.5. The van der Waals surface area contributed by atoms with Gasteiger partial charge in [-0.2, -0.15) is 0 Å². The number of likely N-dealkylation sites (N-methyl/N-ethyl adjacent to an activating group) is 1. The van der Waals surface area contributed by atoms with Gasteiger partial charge in [-0.1, -0.05) is 55.5 Å². The monoisotopic (exact) mass is 367 g/mol. The van der Waals surface area contributed by atoms with E-state index in [1.807, 2.05) is 61.5 Å². The second kappa shape index (κ2) is 10.1. The van der Waals surface area contributed by atoms with Crippen molar-refractivity contribution in [3.05, 3.63) is 65.7 Å². The predicted octanol–water partition coefficient (Wildman–Crippen LogP) is 2.00. The zero-order valence-electron chi connectivity index (χ0n) is 15.7. The van der Waals surface area contributed by atoms with Gasteiger partial charge in [-0.3, -0.25) is 14.4 Å². The van der Waals surface area contributed by atoms with E-state index < -0.39 is 0 Å². The van der Waals surface area contributed by atoms with Crippen LogP contribution in [0, 0.1) is 0 Å². The molecule has 27 heavy (non-hydrogen) atoms. The van der Waals surface area contributed by atoms with Crippen molar-refractivity contribution >= 4 is 23.4 Å². The third-order valence-electron chi connectivity index (χ3n) is 4.12. The topological polar surface area (TPSA) is 78.5 Å². The van der Waals surface area contributed by atoms with E-state index in [9.17, 15) is 14.4 Å². The number of nitrogens with one attached hydrogen (secondary N) is 2. The van der Waals surface area contributed by atoms with Gasteiger partial charge in [0, 0.05) is 12.7 Å².